The van der Waals surface area contributed by atoms with Crippen LogP contribution in [0.15, 0.2) is 94.6 Å². The molecule has 1 amide bonds. The molecule has 6 heteroatoms. The minimum Gasteiger partial charge on any atom is -0.481 e. The number of aliphatic carboxylic acids is 1. The Labute approximate surface area is 283 Å². The molecular formula is C41H56N2O4. The van der Waals surface area contributed by atoms with Crippen molar-refractivity contribution in [1.29, 1.82) is 0 Å². The standard InChI is InChI=1S/C21H22N2O2.C16H22O2.2C2H6/c1-21(2,3)16-5-8-17(9-6-16)25-18-7-4-14-11-19-20(24)22-13-23(19)12-15(14)10-18;1-3-6-14(4-2)15-8-5-7-13(9-11-15)10-12-16(17)18;2*1-2/h4-10,13,19H,11-12H2,1-3H3;3-4,6,9,11H,5,7-8,10,12H2,1-2H3,(H,17,18);2*1-2H3/b;6-3-,14-4+;;. The lowest BCUT2D eigenvalue weighted by Crippen LogP contribution is -2.39. The number of carbonyl (C=O) groups is 2. The Morgan fingerprint density at radius 1 is 0.979 bits per heavy atom. The minimum atomic E-state index is -0.715. The molecule has 0 aromatic heterocycles. The number of ether oxygens (including phenoxy) is 1. The molecule has 2 heterocycles. The third-order valence-corrected chi connectivity index (χ3v) is 8.07. The number of hydrogen-bond acceptors (Lipinski definition) is 4. The van der Waals surface area contributed by atoms with E-state index < -0.39 is 5.97 Å². The summed E-state index contributed by atoms with van der Waals surface area (Å²) in [6, 6.07) is 14.3. The maximum atomic E-state index is 11.8. The van der Waals surface area contributed by atoms with Crippen molar-refractivity contribution < 1.29 is 19.4 Å². The van der Waals surface area contributed by atoms with Crippen LogP contribution in [0.2, 0.25) is 0 Å². The fourth-order valence-electron chi connectivity index (χ4n) is 5.55. The van der Waals surface area contributed by atoms with E-state index in [1.807, 2.05) is 57.7 Å². The third-order valence-electron chi connectivity index (χ3n) is 8.07. The summed E-state index contributed by atoms with van der Waals surface area (Å²) >= 11 is 0. The molecule has 0 saturated heterocycles. The molecule has 1 unspecified atom stereocenters. The molecule has 0 fully saturated rings. The zero-order valence-corrected chi connectivity index (χ0v) is 30.1. The number of fused-ring (bicyclic) bond motifs is 2. The Bertz CT molecular complexity index is 1470. The Hall–Kier alpha value is -4.19. The van der Waals surface area contributed by atoms with Crippen molar-refractivity contribution in [2.24, 2.45) is 4.99 Å². The molecule has 1 atom stereocenters. The summed E-state index contributed by atoms with van der Waals surface area (Å²) in [5, 5.41) is 8.70. The van der Waals surface area contributed by atoms with Crippen LogP contribution in [0.4, 0.5) is 0 Å². The van der Waals surface area contributed by atoms with E-state index >= 15 is 0 Å². The number of allylic oxidation sites excluding steroid dienone is 8. The van der Waals surface area contributed by atoms with Gasteiger partial charge in [0.1, 0.15) is 17.5 Å². The van der Waals surface area contributed by atoms with Gasteiger partial charge in [-0.1, -0.05) is 103 Å². The summed E-state index contributed by atoms with van der Waals surface area (Å²) in [6.45, 7) is 19.4. The van der Waals surface area contributed by atoms with E-state index in [2.05, 4.69) is 87.3 Å². The molecule has 254 valence electrons. The zero-order chi connectivity index (χ0) is 35.0. The molecule has 1 N–H and O–H groups in total. The lowest BCUT2D eigenvalue weighted by atomic mass is 9.87. The lowest BCUT2D eigenvalue weighted by Gasteiger charge is -2.30. The first-order chi connectivity index (χ1) is 22.6. The number of nitrogens with zero attached hydrogens (tertiary/aromatic N) is 2. The van der Waals surface area contributed by atoms with E-state index in [1.165, 1.54) is 33.4 Å². The van der Waals surface area contributed by atoms with E-state index in [1.54, 1.807) is 6.34 Å². The van der Waals surface area contributed by atoms with Gasteiger partial charge < -0.3 is 14.7 Å². The highest BCUT2D eigenvalue weighted by atomic mass is 16.5. The van der Waals surface area contributed by atoms with Crippen LogP contribution in [0.5, 0.6) is 11.5 Å². The van der Waals surface area contributed by atoms with Crippen molar-refractivity contribution in [2.75, 3.05) is 0 Å². The highest BCUT2D eigenvalue weighted by Gasteiger charge is 2.33. The molecule has 0 saturated carbocycles. The first-order valence-corrected chi connectivity index (χ1v) is 17.2. The maximum absolute atomic E-state index is 11.8. The Kier molecular flexibility index (Phi) is 16.1. The van der Waals surface area contributed by atoms with Gasteiger partial charge in [0.15, 0.2) is 0 Å². The third kappa shape index (κ3) is 11.8. The second-order valence-corrected chi connectivity index (χ2v) is 12.3. The lowest BCUT2D eigenvalue weighted by molar-refractivity contribution is -0.137. The van der Waals surface area contributed by atoms with Gasteiger partial charge in [0, 0.05) is 19.4 Å². The molecule has 2 aromatic rings. The Balaban J connectivity index is 0.000000310. The summed E-state index contributed by atoms with van der Waals surface area (Å²) < 4.78 is 6.03. The van der Waals surface area contributed by atoms with Gasteiger partial charge in [-0.25, -0.2) is 4.99 Å². The first-order valence-electron chi connectivity index (χ1n) is 17.2. The molecule has 2 aromatic carbocycles. The number of amides is 1. The molecule has 3 aliphatic rings. The fourth-order valence-corrected chi connectivity index (χ4v) is 5.55. The van der Waals surface area contributed by atoms with Crippen molar-refractivity contribution in [1.82, 2.24) is 4.90 Å². The van der Waals surface area contributed by atoms with Gasteiger partial charge in [0.25, 0.3) is 5.91 Å². The van der Waals surface area contributed by atoms with Crippen LogP contribution in [0.25, 0.3) is 0 Å². The second kappa shape index (κ2) is 19.5. The summed E-state index contributed by atoms with van der Waals surface area (Å²) in [5.41, 5.74) is 7.69. The number of aliphatic imine (C=N–C) groups is 1. The zero-order valence-electron chi connectivity index (χ0n) is 30.1. The molecule has 6 nitrogen and oxygen atoms in total. The smallest absolute Gasteiger partial charge is 0.303 e. The molecule has 2 aliphatic heterocycles. The van der Waals surface area contributed by atoms with Crippen molar-refractivity contribution in [3.63, 3.8) is 0 Å². The van der Waals surface area contributed by atoms with Crippen molar-refractivity contribution in [3.05, 3.63) is 106 Å². The van der Waals surface area contributed by atoms with Crippen molar-refractivity contribution >= 4 is 18.2 Å². The predicted molar refractivity (Wildman–Crippen MR) is 196 cm³/mol. The van der Waals surface area contributed by atoms with Gasteiger partial charge >= 0.3 is 5.97 Å². The second-order valence-electron chi connectivity index (χ2n) is 12.3. The van der Waals surface area contributed by atoms with Gasteiger partial charge in [-0.15, -0.1) is 0 Å². The number of rotatable bonds is 7. The predicted octanol–water partition coefficient (Wildman–Crippen LogP) is 10.5. The van der Waals surface area contributed by atoms with Crippen LogP contribution < -0.4 is 4.74 Å². The summed E-state index contributed by atoms with van der Waals surface area (Å²) in [7, 11) is 0. The molecule has 1 aliphatic carbocycles. The first kappa shape index (κ1) is 39.0. The highest BCUT2D eigenvalue weighted by molar-refractivity contribution is 5.95. The van der Waals surface area contributed by atoms with Crippen LogP contribution >= 0.6 is 0 Å². The number of carbonyl (C=O) groups excluding carboxylic acids is 1. The number of hydrogen-bond donors (Lipinski definition) is 1. The molecule has 5 rings (SSSR count). The number of carboxylic acid groups (broad SMARTS) is 1. The molecule has 0 spiro atoms. The molecule has 47 heavy (non-hydrogen) atoms. The van der Waals surface area contributed by atoms with Gasteiger partial charge in [-0.05, 0) is 97.0 Å². The van der Waals surface area contributed by atoms with Crippen LogP contribution in [-0.2, 0) is 28.0 Å². The highest BCUT2D eigenvalue weighted by Crippen LogP contribution is 2.32. The summed E-state index contributed by atoms with van der Waals surface area (Å²) in [6.07, 6.45) is 17.0. The number of carboxylic acids is 1. The van der Waals surface area contributed by atoms with E-state index in [0.29, 0.717) is 19.4 Å². The number of benzene rings is 2. The van der Waals surface area contributed by atoms with E-state index in [-0.39, 0.29) is 23.8 Å². The van der Waals surface area contributed by atoms with E-state index in [0.717, 1.165) is 30.8 Å². The van der Waals surface area contributed by atoms with Gasteiger partial charge in [0.05, 0.1) is 6.34 Å². The minimum absolute atomic E-state index is 0.0371. The van der Waals surface area contributed by atoms with Gasteiger partial charge in [-0.3, -0.25) is 9.59 Å². The maximum Gasteiger partial charge on any atom is 0.303 e. The van der Waals surface area contributed by atoms with Crippen LogP contribution in [0, 0.1) is 0 Å². The van der Waals surface area contributed by atoms with Crippen LogP contribution in [0.1, 0.15) is 111 Å². The summed E-state index contributed by atoms with van der Waals surface area (Å²) in [5.74, 6) is 0.903. The Morgan fingerprint density at radius 3 is 2.28 bits per heavy atom. The van der Waals surface area contributed by atoms with Crippen molar-refractivity contribution in [2.45, 2.75) is 119 Å². The average molecular weight is 641 g/mol. The fraction of sp³-hybridized carbons (Fsp3) is 0.439. The average Bonchev–Trinajstić information content (AvgIpc) is 3.26. The van der Waals surface area contributed by atoms with Gasteiger partial charge in [0.2, 0.25) is 0 Å². The van der Waals surface area contributed by atoms with E-state index in [4.69, 9.17) is 9.84 Å². The van der Waals surface area contributed by atoms with E-state index in [9.17, 15) is 9.59 Å². The SMILES string of the molecule is C/C=C\C(=C/C)C1=CC=C(CCC(=O)O)CCC1.CC.CC.CC(C)(C)c1ccc(Oc2ccc3c(c2)CN2C=NC(=O)C2C3)cc1. The van der Waals surface area contributed by atoms with Crippen molar-refractivity contribution in [3.8, 4) is 11.5 Å². The Morgan fingerprint density at radius 2 is 1.66 bits per heavy atom. The molecular weight excluding hydrogens is 584 g/mol. The monoisotopic (exact) mass is 640 g/mol. The molecule has 0 radical (unpaired) electrons. The largest absolute Gasteiger partial charge is 0.481 e. The summed E-state index contributed by atoms with van der Waals surface area (Å²) in [4.78, 5) is 28.3. The topological polar surface area (TPSA) is 79.2 Å². The quantitative estimate of drug-likeness (QED) is 0.305. The normalized spacial score (nSPS) is 17.0. The van der Waals surface area contributed by atoms with Crippen LogP contribution in [-0.4, -0.2) is 34.3 Å². The van der Waals surface area contributed by atoms with Crippen LogP contribution in [0.3, 0.4) is 0 Å². The van der Waals surface area contributed by atoms with Gasteiger partial charge in [-0.2, -0.15) is 0 Å². The molecule has 0 bridgehead atoms.